The molecule has 2 fully saturated rings. The number of carbonyl (C=O) groups excluding carboxylic acids is 1. The first-order valence-electron chi connectivity index (χ1n) is 4.18. The van der Waals surface area contributed by atoms with E-state index in [2.05, 4.69) is 13.8 Å². The third-order valence-corrected chi connectivity index (χ3v) is 3.76. The van der Waals surface area contributed by atoms with Gasteiger partial charge in [-0.1, -0.05) is 13.8 Å². The maximum Gasteiger partial charge on any atom is 0.139 e. The van der Waals surface area contributed by atoms with Crippen molar-refractivity contribution in [3.63, 3.8) is 0 Å². The highest BCUT2D eigenvalue weighted by atomic mass is 16.1. The predicted molar refractivity (Wildman–Crippen MR) is 39.7 cm³/mol. The fourth-order valence-corrected chi connectivity index (χ4v) is 2.76. The SMILES string of the molecule is CCC12CC1(C)CCC2=O. The lowest BCUT2D eigenvalue weighted by Crippen LogP contribution is -2.12. The standard InChI is InChI=1S/C9H14O/c1-3-9-6-8(9,2)5-4-7(9)10/h3-6H2,1-2H3. The van der Waals surface area contributed by atoms with E-state index in [9.17, 15) is 4.79 Å². The number of fused-ring (bicyclic) bond motifs is 1. The number of Topliss-reactive ketones (excluding diaryl/α,β-unsaturated/α-hetero) is 1. The summed E-state index contributed by atoms with van der Waals surface area (Å²) in [5.74, 6) is 0.539. The van der Waals surface area contributed by atoms with Crippen molar-refractivity contribution < 1.29 is 4.79 Å². The lowest BCUT2D eigenvalue weighted by Gasteiger charge is -2.08. The number of rotatable bonds is 1. The van der Waals surface area contributed by atoms with Crippen LogP contribution in [0.15, 0.2) is 0 Å². The summed E-state index contributed by atoms with van der Waals surface area (Å²) in [7, 11) is 0. The fourth-order valence-electron chi connectivity index (χ4n) is 2.76. The highest BCUT2D eigenvalue weighted by Gasteiger charge is 2.70. The molecule has 2 atom stereocenters. The van der Waals surface area contributed by atoms with Crippen LogP contribution in [-0.2, 0) is 4.79 Å². The molecule has 0 amide bonds. The summed E-state index contributed by atoms with van der Waals surface area (Å²) in [5, 5.41) is 0. The Bertz CT molecular complexity index is 197. The molecule has 0 radical (unpaired) electrons. The van der Waals surface area contributed by atoms with Gasteiger partial charge in [0.25, 0.3) is 0 Å². The third-order valence-electron chi connectivity index (χ3n) is 3.76. The van der Waals surface area contributed by atoms with E-state index >= 15 is 0 Å². The Balaban J connectivity index is 2.32. The first-order valence-corrected chi connectivity index (χ1v) is 4.18. The first-order chi connectivity index (χ1) is 4.65. The Hall–Kier alpha value is -0.330. The molecule has 0 aromatic heterocycles. The summed E-state index contributed by atoms with van der Waals surface area (Å²) in [5.41, 5.74) is 0.589. The van der Waals surface area contributed by atoms with Crippen molar-refractivity contribution in [2.75, 3.05) is 0 Å². The second-order valence-electron chi connectivity index (χ2n) is 4.10. The van der Waals surface area contributed by atoms with Crippen LogP contribution in [0.25, 0.3) is 0 Å². The van der Waals surface area contributed by atoms with Gasteiger partial charge in [-0.2, -0.15) is 0 Å². The largest absolute Gasteiger partial charge is 0.299 e. The van der Waals surface area contributed by atoms with Gasteiger partial charge in [0.2, 0.25) is 0 Å². The van der Waals surface area contributed by atoms with E-state index in [1.807, 2.05) is 0 Å². The van der Waals surface area contributed by atoms with E-state index in [4.69, 9.17) is 0 Å². The molecule has 0 bridgehead atoms. The molecule has 2 rings (SSSR count). The van der Waals surface area contributed by atoms with Gasteiger partial charge in [-0.3, -0.25) is 4.79 Å². The molecule has 2 saturated carbocycles. The van der Waals surface area contributed by atoms with Crippen molar-refractivity contribution in [1.82, 2.24) is 0 Å². The second kappa shape index (κ2) is 1.46. The zero-order chi connectivity index (χ0) is 7.41. The number of hydrogen-bond acceptors (Lipinski definition) is 1. The van der Waals surface area contributed by atoms with Gasteiger partial charge >= 0.3 is 0 Å². The smallest absolute Gasteiger partial charge is 0.139 e. The molecule has 2 unspecified atom stereocenters. The predicted octanol–water partition coefficient (Wildman–Crippen LogP) is 2.16. The van der Waals surface area contributed by atoms with Gasteiger partial charge in [0.05, 0.1) is 0 Å². The Morgan fingerprint density at radius 3 is 2.50 bits per heavy atom. The molecule has 0 heterocycles. The molecule has 0 spiro atoms. The van der Waals surface area contributed by atoms with Crippen LogP contribution < -0.4 is 0 Å². The topological polar surface area (TPSA) is 17.1 Å². The van der Waals surface area contributed by atoms with Crippen LogP contribution in [0.4, 0.5) is 0 Å². The van der Waals surface area contributed by atoms with Gasteiger partial charge in [-0.15, -0.1) is 0 Å². The van der Waals surface area contributed by atoms with Crippen LogP contribution in [0.5, 0.6) is 0 Å². The van der Waals surface area contributed by atoms with E-state index in [1.165, 1.54) is 6.42 Å². The summed E-state index contributed by atoms with van der Waals surface area (Å²) < 4.78 is 0. The van der Waals surface area contributed by atoms with Gasteiger partial charge in [0, 0.05) is 11.8 Å². The summed E-state index contributed by atoms with van der Waals surface area (Å²) in [6.45, 7) is 4.41. The lowest BCUT2D eigenvalue weighted by molar-refractivity contribution is -0.123. The van der Waals surface area contributed by atoms with Crippen LogP contribution in [0, 0.1) is 10.8 Å². The zero-order valence-electron chi connectivity index (χ0n) is 6.74. The highest BCUT2D eigenvalue weighted by molar-refractivity contribution is 5.91. The number of ketones is 1. The minimum Gasteiger partial charge on any atom is -0.299 e. The third kappa shape index (κ3) is 0.446. The van der Waals surface area contributed by atoms with Gasteiger partial charge < -0.3 is 0 Å². The summed E-state index contributed by atoms with van der Waals surface area (Å²) in [6, 6.07) is 0. The Kier molecular flexibility index (Phi) is 0.934. The molecule has 0 saturated heterocycles. The second-order valence-corrected chi connectivity index (χ2v) is 4.10. The molecule has 0 N–H and O–H groups in total. The quantitative estimate of drug-likeness (QED) is 0.542. The molecular formula is C9H14O. The van der Waals surface area contributed by atoms with Crippen molar-refractivity contribution in [1.29, 1.82) is 0 Å². The van der Waals surface area contributed by atoms with Gasteiger partial charge in [-0.05, 0) is 24.7 Å². The maximum absolute atomic E-state index is 11.4. The van der Waals surface area contributed by atoms with Crippen LogP contribution >= 0.6 is 0 Å². The molecule has 56 valence electrons. The molecule has 0 aromatic rings. The summed E-state index contributed by atoms with van der Waals surface area (Å²) >= 11 is 0. The van der Waals surface area contributed by atoms with E-state index in [0.717, 1.165) is 19.3 Å². The van der Waals surface area contributed by atoms with Crippen molar-refractivity contribution in [3.8, 4) is 0 Å². The Morgan fingerprint density at radius 2 is 2.30 bits per heavy atom. The average molecular weight is 138 g/mol. The maximum atomic E-state index is 11.4. The minimum atomic E-state index is 0.160. The van der Waals surface area contributed by atoms with E-state index in [0.29, 0.717) is 11.2 Å². The van der Waals surface area contributed by atoms with Gasteiger partial charge in [-0.25, -0.2) is 0 Å². The van der Waals surface area contributed by atoms with Crippen LogP contribution in [-0.4, -0.2) is 5.78 Å². The molecule has 2 aliphatic carbocycles. The molecule has 0 aliphatic heterocycles. The molecule has 0 aromatic carbocycles. The highest BCUT2D eigenvalue weighted by Crippen LogP contribution is 2.72. The molecular weight excluding hydrogens is 124 g/mol. The average Bonchev–Trinajstić information content (AvgIpc) is 2.47. The lowest BCUT2D eigenvalue weighted by atomic mass is 9.95. The zero-order valence-corrected chi connectivity index (χ0v) is 6.74. The summed E-state index contributed by atoms with van der Waals surface area (Å²) in [6.07, 6.45) is 4.25. The Labute approximate surface area is 61.8 Å². The van der Waals surface area contributed by atoms with Crippen molar-refractivity contribution in [3.05, 3.63) is 0 Å². The van der Waals surface area contributed by atoms with E-state index in [1.54, 1.807) is 0 Å². The summed E-state index contributed by atoms with van der Waals surface area (Å²) in [4.78, 5) is 11.4. The molecule has 1 heteroatoms. The van der Waals surface area contributed by atoms with Crippen molar-refractivity contribution in [2.24, 2.45) is 10.8 Å². The number of carbonyl (C=O) groups is 1. The molecule has 2 aliphatic rings. The normalized spacial score (nSPS) is 51.2. The molecule has 10 heavy (non-hydrogen) atoms. The molecule has 1 nitrogen and oxygen atoms in total. The minimum absolute atomic E-state index is 0.160. The fraction of sp³-hybridized carbons (Fsp3) is 0.889. The van der Waals surface area contributed by atoms with Crippen molar-refractivity contribution in [2.45, 2.75) is 39.5 Å². The van der Waals surface area contributed by atoms with Crippen molar-refractivity contribution >= 4 is 5.78 Å². The van der Waals surface area contributed by atoms with Gasteiger partial charge in [0.15, 0.2) is 0 Å². The van der Waals surface area contributed by atoms with E-state index < -0.39 is 0 Å². The van der Waals surface area contributed by atoms with Crippen LogP contribution in [0.1, 0.15) is 39.5 Å². The number of hydrogen-bond donors (Lipinski definition) is 0. The van der Waals surface area contributed by atoms with Gasteiger partial charge in [0.1, 0.15) is 5.78 Å². The monoisotopic (exact) mass is 138 g/mol. The Morgan fingerprint density at radius 1 is 1.60 bits per heavy atom. The van der Waals surface area contributed by atoms with Crippen LogP contribution in [0.3, 0.4) is 0 Å². The van der Waals surface area contributed by atoms with Crippen LogP contribution in [0.2, 0.25) is 0 Å². The van der Waals surface area contributed by atoms with E-state index in [-0.39, 0.29) is 5.41 Å². The first kappa shape index (κ1) is 6.38.